The molecule has 8 heteroatoms. The highest BCUT2D eigenvalue weighted by molar-refractivity contribution is 7.92. The van der Waals surface area contributed by atoms with Crippen molar-refractivity contribution >= 4 is 21.9 Å². The van der Waals surface area contributed by atoms with Gasteiger partial charge in [-0.3, -0.25) is 0 Å². The van der Waals surface area contributed by atoms with E-state index in [1.807, 2.05) is 0 Å². The molecule has 0 spiro atoms. The highest BCUT2D eigenvalue weighted by Gasteiger charge is 2.15. The van der Waals surface area contributed by atoms with Crippen LogP contribution in [0, 0.1) is 0 Å². The monoisotopic (exact) mass is 279 g/mol. The summed E-state index contributed by atoms with van der Waals surface area (Å²) in [4.78, 5) is 17.9. The molecule has 19 heavy (non-hydrogen) atoms. The van der Waals surface area contributed by atoms with E-state index in [-0.39, 0.29) is 16.4 Å². The fourth-order valence-electron chi connectivity index (χ4n) is 1.27. The van der Waals surface area contributed by atoms with E-state index in [0.29, 0.717) is 0 Å². The van der Waals surface area contributed by atoms with Crippen molar-refractivity contribution in [1.29, 1.82) is 0 Å². The molecule has 0 saturated carbocycles. The summed E-state index contributed by atoms with van der Waals surface area (Å²) in [5.41, 5.74) is -0.123. The molecule has 0 radical (unpaired) electrons. The van der Waals surface area contributed by atoms with Crippen LogP contribution in [0.25, 0.3) is 0 Å². The van der Waals surface area contributed by atoms with E-state index < -0.39 is 16.0 Å². The summed E-state index contributed by atoms with van der Waals surface area (Å²) in [5.74, 6) is -1.37. The lowest BCUT2D eigenvalue weighted by molar-refractivity contribution is 0.0696. The number of benzene rings is 1. The molecule has 1 aromatic heterocycles. The van der Waals surface area contributed by atoms with Crippen LogP contribution in [0.4, 0.5) is 5.95 Å². The van der Waals surface area contributed by atoms with Crippen LogP contribution in [0.3, 0.4) is 0 Å². The van der Waals surface area contributed by atoms with Crippen molar-refractivity contribution in [2.75, 3.05) is 4.72 Å². The summed E-state index contributed by atoms with van der Waals surface area (Å²) < 4.78 is 26.0. The van der Waals surface area contributed by atoms with Gasteiger partial charge in [0.1, 0.15) is 0 Å². The SMILES string of the molecule is O=C(O)c1cnc(NS(=O)(=O)c2ccccc2)nc1. The molecule has 0 amide bonds. The molecule has 0 aliphatic carbocycles. The minimum absolute atomic E-state index is 0.0703. The summed E-state index contributed by atoms with van der Waals surface area (Å²) in [6.07, 6.45) is 2.05. The molecule has 1 heterocycles. The minimum Gasteiger partial charge on any atom is -0.478 e. The Bertz CT molecular complexity index is 684. The van der Waals surface area contributed by atoms with Crippen LogP contribution >= 0.6 is 0 Å². The highest BCUT2D eigenvalue weighted by atomic mass is 32.2. The van der Waals surface area contributed by atoms with Gasteiger partial charge in [-0.1, -0.05) is 18.2 Å². The average Bonchev–Trinajstić information content (AvgIpc) is 2.40. The normalized spacial score (nSPS) is 10.9. The summed E-state index contributed by atoms with van der Waals surface area (Å²) >= 11 is 0. The number of carbonyl (C=O) groups is 1. The number of nitrogens with zero attached hydrogens (tertiary/aromatic N) is 2. The lowest BCUT2D eigenvalue weighted by Gasteiger charge is -2.05. The van der Waals surface area contributed by atoms with Crippen molar-refractivity contribution in [3.63, 3.8) is 0 Å². The minimum atomic E-state index is -3.77. The Morgan fingerprint density at radius 1 is 1.11 bits per heavy atom. The standard InChI is InChI=1S/C11H9N3O4S/c15-10(16)8-6-12-11(13-7-8)14-19(17,18)9-4-2-1-3-5-9/h1-7H,(H,15,16)(H,12,13,14). The third-order valence-electron chi connectivity index (χ3n) is 2.18. The van der Waals surface area contributed by atoms with Crippen LogP contribution in [0.1, 0.15) is 10.4 Å². The number of rotatable bonds is 4. The Morgan fingerprint density at radius 2 is 1.68 bits per heavy atom. The van der Waals surface area contributed by atoms with Gasteiger partial charge < -0.3 is 5.11 Å². The van der Waals surface area contributed by atoms with E-state index in [2.05, 4.69) is 14.7 Å². The van der Waals surface area contributed by atoms with Gasteiger partial charge in [-0.15, -0.1) is 0 Å². The van der Waals surface area contributed by atoms with Gasteiger partial charge in [-0.25, -0.2) is 27.9 Å². The van der Waals surface area contributed by atoms with Crippen molar-refractivity contribution in [2.45, 2.75) is 4.90 Å². The average molecular weight is 279 g/mol. The van der Waals surface area contributed by atoms with Crippen LogP contribution in [-0.4, -0.2) is 29.5 Å². The number of anilines is 1. The van der Waals surface area contributed by atoms with Crippen molar-refractivity contribution < 1.29 is 18.3 Å². The Labute approximate surface area is 109 Å². The van der Waals surface area contributed by atoms with Crippen LogP contribution in [0.15, 0.2) is 47.6 Å². The van der Waals surface area contributed by atoms with Gasteiger partial charge >= 0.3 is 5.97 Å². The van der Waals surface area contributed by atoms with Crippen molar-refractivity contribution in [3.05, 3.63) is 48.3 Å². The first kappa shape index (κ1) is 13.0. The molecule has 0 saturated heterocycles. The van der Waals surface area contributed by atoms with Crippen molar-refractivity contribution in [1.82, 2.24) is 9.97 Å². The molecular weight excluding hydrogens is 270 g/mol. The largest absolute Gasteiger partial charge is 0.478 e. The predicted octanol–water partition coefficient (Wildman–Crippen LogP) is 0.976. The zero-order chi connectivity index (χ0) is 13.9. The van der Waals surface area contributed by atoms with Gasteiger partial charge in [-0.2, -0.15) is 0 Å². The lowest BCUT2D eigenvalue weighted by Crippen LogP contribution is -2.15. The number of carboxylic acids is 1. The summed E-state index contributed by atoms with van der Waals surface area (Å²) in [7, 11) is -3.77. The maximum atomic E-state index is 11.9. The van der Waals surface area contributed by atoms with Crippen LogP contribution in [0.2, 0.25) is 0 Å². The fraction of sp³-hybridized carbons (Fsp3) is 0. The molecule has 2 aromatic rings. The molecule has 0 fully saturated rings. The van der Waals surface area contributed by atoms with Crippen molar-refractivity contribution in [2.24, 2.45) is 0 Å². The molecule has 1 aromatic carbocycles. The maximum Gasteiger partial charge on any atom is 0.338 e. The second-order valence-electron chi connectivity index (χ2n) is 3.52. The molecule has 0 aliphatic rings. The van der Waals surface area contributed by atoms with Crippen LogP contribution < -0.4 is 4.72 Å². The number of aromatic nitrogens is 2. The zero-order valence-electron chi connectivity index (χ0n) is 9.52. The Kier molecular flexibility index (Phi) is 3.43. The second-order valence-corrected chi connectivity index (χ2v) is 5.20. The zero-order valence-corrected chi connectivity index (χ0v) is 10.3. The van der Waals surface area contributed by atoms with Gasteiger partial charge in [0.2, 0.25) is 5.95 Å². The molecule has 0 bridgehead atoms. The summed E-state index contributed by atoms with van der Waals surface area (Å²) in [6, 6.07) is 7.71. The van der Waals surface area contributed by atoms with Gasteiger partial charge in [0.05, 0.1) is 10.5 Å². The lowest BCUT2D eigenvalue weighted by atomic mass is 10.4. The highest BCUT2D eigenvalue weighted by Crippen LogP contribution is 2.12. The number of hydrogen-bond donors (Lipinski definition) is 2. The second kappa shape index (κ2) is 5.02. The van der Waals surface area contributed by atoms with Gasteiger partial charge in [0.15, 0.2) is 0 Å². The van der Waals surface area contributed by atoms with E-state index >= 15 is 0 Å². The third kappa shape index (κ3) is 3.05. The topological polar surface area (TPSA) is 109 Å². The van der Waals surface area contributed by atoms with Crippen molar-refractivity contribution in [3.8, 4) is 0 Å². The molecule has 7 nitrogen and oxygen atoms in total. The van der Waals surface area contributed by atoms with E-state index in [1.165, 1.54) is 12.1 Å². The quantitative estimate of drug-likeness (QED) is 0.863. The fourth-order valence-corrected chi connectivity index (χ4v) is 2.25. The number of nitrogens with one attached hydrogen (secondary N) is 1. The number of aromatic carboxylic acids is 1. The van der Waals surface area contributed by atoms with E-state index in [9.17, 15) is 13.2 Å². The molecule has 0 atom stereocenters. The summed E-state index contributed by atoms with van der Waals surface area (Å²) in [5, 5.41) is 8.67. The number of hydrogen-bond acceptors (Lipinski definition) is 5. The molecule has 2 N–H and O–H groups in total. The molecule has 2 rings (SSSR count). The Balaban J connectivity index is 2.24. The molecule has 0 aliphatic heterocycles. The molecular formula is C11H9N3O4S. The van der Waals surface area contributed by atoms with E-state index in [1.54, 1.807) is 18.2 Å². The number of sulfonamides is 1. The van der Waals surface area contributed by atoms with E-state index in [0.717, 1.165) is 12.4 Å². The Morgan fingerprint density at radius 3 is 2.21 bits per heavy atom. The van der Waals surface area contributed by atoms with Crippen LogP contribution in [-0.2, 0) is 10.0 Å². The number of carboxylic acid groups (broad SMARTS) is 1. The molecule has 0 unspecified atom stereocenters. The third-order valence-corrected chi connectivity index (χ3v) is 3.52. The molecule has 98 valence electrons. The van der Waals surface area contributed by atoms with Gasteiger partial charge in [0.25, 0.3) is 10.0 Å². The predicted molar refractivity (Wildman–Crippen MR) is 66.2 cm³/mol. The first-order valence-corrected chi connectivity index (χ1v) is 6.60. The van der Waals surface area contributed by atoms with E-state index in [4.69, 9.17) is 5.11 Å². The maximum absolute atomic E-state index is 11.9. The first-order chi connectivity index (χ1) is 8.99. The summed E-state index contributed by atoms with van der Waals surface area (Å²) in [6.45, 7) is 0. The Hall–Kier alpha value is -2.48. The van der Waals surface area contributed by atoms with Gasteiger partial charge in [0, 0.05) is 12.4 Å². The first-order valence-electron chi connectivity index (χ1n) is 5.12. The smallest absolute Gasteiger partial charge is 0.338 e. The van der Waals surface area contributed by atoms with Crippen LogP contribution in [0.5, 0.6) is 0 Å². The van der Waals surface area contributed by atoms with Gasteiger partial charge in [-0.05, 0) is 12.1 Å².